The molecule has 1 aromatic rings. The van der Waals surface area contributed by atoms with Crippen LogP contribution < -0.4 is 4.74 Å². The highest BCUT2D eigenvalue weighted by atomic mass is 16.5. The van der Waals surface area contributed by atoms with Gasteiger partial charge in [0.2, 0.25) is 5.88 Å². The van der Waals surface area contributed by atoms with Crippen LogP contribution in [-0.4, -0.2) is 11.1 Å². The third-order valence-electron chi connectivity index (χ3n) is 1.70. The summed E-state index contributed by atoms with van der Waals surface area (Å²) >= 11 is 0. The Hall–Kier alpha value is -1.05. The zero-order valence-corrected chi connectivity index (χ0v) is 10.6. The van der Waals surface area contributed by atoms with Crippen molar-refractivity contribution >= 4 is 0 Å². The number of ether oxygens (including phenoxy) is 1. The first kappa shape index (κ1) is 13.9. The summed E-state index contributed by atoms with van der Waals surface area (Å²) in [6.45, 7) is 10.0. The molecule has 0 saturated heterocycles. The van der Waals surface area contributed by atoms with E-state index in [-0.39, 0.29) is 0 Å². The summed E-state index contributed by atoms with van der Waals surface area (Å²) in [4.78, 5) is 4.14. The largest absolute Gasteiger partial charge is 0.474 e. The molecule has 1 aliphatic carbocycles. The Morgan fingerprint density at radius 1 is 1.13 bits per heavy atom. The van der Waals surface area contributed by atoms with Crippen LogP contribution in [0.3, 0.4) is 0 Å². The molecule has 0 aliphatic heterocycles. The van der Waals surface area contributed by atoms with Gasteiger partial charge in [-0.3, -0.25) is 0 Å². The minimum absolute atomic E-state index is 0.449. The number of aryl methyl sites for hydroxylation is 1. The van der Waals surface area contributed by atoms with Gasteiger partial charge in [0.1, 0.15) is 6.10 Å². The molecular formula is C13H23NO. The lowest BCUT2D eigenvalue weighted by Gasteiger charge is -2.01. The zero-order valence-electron chi connectivity index (χ0n) is 10.6. The Labute approximate surface area is 93.7 Å². The summed E-state index contributed by atoms with van der Waals surface area (Å²) in [6.07, 6.45) is 4.66. The van der Waals surface area contributed by atoms with Gasteiger partial charge < -0.3 is 4.74 Å². The molecule has 2 nitrogen and oxygen atoms in total. The van der Waals surface area contributed by atoms with Gasteiger partial charge in [-0.1, -0.05) is 33.8 Å². The van der Waals surface area contributed by atoms with Crippen molar-refractivity contribution in [2.24, 2.45) is 0 Å². The second kappa shape index (κ2) is 8.27. The molecule has 0 radical (unpaired) electrons. The van der Waals surface area contributed by atoms with Crippen molar-refractivity contribution in [1.29, 1.82) is 0 Å². The summed E-state index contributed by atoms with van der Waals surface area (Å²) < 4.78 is 5.47. The monoisotopic (exact) mass is 209 g/mol. The zero-order chi connectivity index (χ0) is 11.7. The van der Waals surface area contributed by atoms with Gasteiger partial charge in [0.15, 0.2) is 0 Å². The van der Waals surface area contributed by atoms with Crippen LogP contribution in [0.2, 0.25) is 0 Å². The van der Waals surface area contributed by atoms with E-state index >= 15 is 0 Å². The van der Waals surface area contributed by atoms with Crippen molar-refractivity contribution in [2.75, 3.05) is 0 Å². The van der Waals surface area contributed by atoms with Gasteiger partial charge in [-0.2, -0.15) is 0 Å². The number of hydrogen-bond donors (Lipinski definition) is 0. The van der Waals surface area contributed by atoms with E-state index in [1.807, 2.05) is 52.9 Å². The van der Waals surface area contributed by atoms with Gasteiger partial charge in [-0.05, 0) is 25.3 Å². The van der Waals surface area contributed by atoms with E-state index in [4.69, 9.17) is 4.74 Å². The maximum atomic E-state index is 5.47. The highest BCUT2D eigenvalue weighted by Gasteiger charge is 2.23. The SMILES string of the molecule is CC.CC.Cc1ccc(OC2CC2)nc1. The van der Waals surface area contributed by atoms with Crippen LogP contribution in [0.5, 0.6) is 5.88 Å². The highest BCUT2D eigenvalue weighted by molar-refractivity contribution is 5.16. The van der Waals surface area contributed by atoms with Crippen LogP contribution >= 0.6 is 0 Å². The molecule has 1 saturated carbocycles. The molecule has 0 amide bonds. The summed E-state index contributed by atoms with van der Waals surface area (Å²) in [5.41, 5.74) is 1.17. The standard InChI is InChI=1S/C9H11NO.2C2H6/c1-7-2-5-9(10-6-7)11-8-3-4-8;2*1-2/h2,5-6,8H,3-4H2,1H3;2*1-2H3. The highest BCUT2D eigenvalue weighted by Crippen LogP contribution is 2.25. The predicted molar refractivity (Wildman–Crippen MR) is 65.3 cm³/mol. The van der Waals surface area contributed by atoms with Crippen LogP contribution in [0.15, 0.2) is 18.3 Å². The molecule has 0 unspecified atom stereocenters. The molecule has 86 valence electrons. The summed E-state index contributed by atoms with van der Waals surface area (Å²) in [5.74, 6) is 0.762. The summed E-state index contributed by atoms with van der Waals surface area (Å²) in [7, 11) is 0. The molecule has 0 spiro atoms. The van der Waals surface area contributed by atoms with Gasteiger partial charge in [-0.25, -0.2) is 4.98 Å². The third-order valence-corrected chi connectivity index (χ3v) is 1.70. The molecule has 0 atom stereocenters. The normalized spacial score (nSPS) is 12.9. The van der Waals surface area contributed by atoms with E-state index in [0.29, 0.717) is 6.10 Å². The molecule has 1 heterocycles. The van der Waals surface area contributed by atoms with Crippen molar-refractivity contribution < 1.29 is 4.74 Å². The number of aromatic nitrogens is 1. The fourth-order valence-electron chi connectivity index (χ4n) is 0.881. The maximum Gasteiger partial charge on any atom is 0.213 e. The first-order valence-corrected chi connectivity index (χ1v) is 5.94. The molecule has 2 heteroatoms. The van der Waals surface area contributed by atoms with Crippen LogP contribution in [0.25, 0.3) is 0 Å². The summed E-state index contributed by atoms with van der Waals surface area (Å²) in [5, 5.41) is 0. The van der Waals surface area contributed by atoms with Crippen LogP contribution in [0, 0.1) is 6.92 Å². The Balaban J connectivity index is 0.000000442. The minimum atomic E-state index is 0.449. The van der Waals surface area contributed by atoms with Crippen molar-refractivity contribution in [2.45, 2.75) is 53.6 Å². The van der Waals surface area contributed by atoms with E-state index in [1.165, 1.54) is 18.4 Å². The van der Waals surface area contributed by atoms with Crippen LogP contribution in [0.1, 0.15) is 46.1 Å². The average Bonchev–Trinajstić information content (AvgIpc) is 3.11. The molecule has 0 bridgehead atoms. The number of hydrogen-bond acceptors (Lipinski definition) is 2. The van der Waals surface area contributed by atoms with Gasteiger partial charge in [-0.15, -0.1) is 0 Å². The Morgan fingerprint density at radius 2 is 1.73 bits per heavy atom. The van der Waals surface area contributed by atoms with Crippen molar-refractivity contribution in [1.82, 2.24) is 4.98 Å². The second-order valence-electron chi connectivity index (χ2n) is 2.99. The van der Waals surface area contributed by atoms with E-state index in [2.05, 4.69) is 4.98 Å². The quantitative estimate of drug-likeness (QED) is 0.735. The van der Waals surface area contributed by atoms with Crippen molar-refractivity contribution in [3.05, 3.63) is 23.9 Å². The molecular weight excluding hydrogens is 186 g/mol. The Bertz CT molecular complexity index is 239. The molecule has 2 rings (SSSR count). The first-order valence-electron chi connectivity index (χ1n) is 5.94. The third kappa shape index (κ3) is 6.10. The fourth-order valence-corrected chi connectivity index (χ4v) is 0.881. The molecule has 1 fully saturated rings. The van der Waals surface area contributed by atoms with Gasteiger partial charge in [0.25, 0.3) is 0 Å². The molecule has 1 aliphatic rings. The fraction of sp³-hybridized carbons (Fsp3) is 0.615. The maximum absolute atomic E-state index is 5.47. The Kier molecular flexibility index (Phi) is 7.69. The lowest BCUT2D eigenvalue weighted by atomic mass is 10.3. The lowest BCUT2D eigenvalue weighted by molar-refractivity contribution is 0.291. The molecule has 0 aromatic carbocycles. The van der Waals surface area contributed by atoms with E-state index in [9.17, 15) is 0 Å². The van der Waals surface area contributed by atoms with E-state index in [0.717, 1.165) is 5.88 Å². The first-order chi connectivity index (χ1) is 7.34. The molecule has 0 N–H and O–H groups in total. The van der Waals surface area contributed by atoms with E-state index < -0.39 is 0 Å². The predicted octanol–water partition coefficient (Wildman–Crippen LogP) is 3.98. The number of pyridine rings is 1. The molecule has 1 aromatic heterocycles. The van der Waals surface area contributed by atoms with Crippen LogP contribution in [-0.2, 0) is 0 Å². The average molecular weight is 209 g/mol. The van der Waals surface area contributed by atoms with Gasteiger partial charge in [0.05, 0.1) is 0 Å². The van der Waals surface area contributed by atoms with Crippen molar-refractivity contribution in [3.8, 4) is 5.88 Å². The summed E-state index contributed by atoms with van der Waals surface area (Å²) in [6, 6.07) is 3.94. The lowest BCUT2D eigenvalue weighted by Crippen LogP contribution is -1.97. The smallest absolute Gasteiger partial charge is 0.213 e. The molecule has 15 heavy (non-hydrogen) atoms. The van der Waals surface area contributed by atoms with Gasteiger partial charge >= 0.3 is 0 Å². The van der Waals surface area contributed by atoms with Gasteiger partial charge in [0, 0.05) is 12.3 Å². The minimum Gasteiger partial charge on any atom is -0.474 e. The topological polar surface area (TPSA) is 22.1 Å². The van der Waals surface area contributed by atoms with Crippen molar-refractivity contribution in [3.63, 3.8) is 0 Å². The van der Waals surface area contributed by atoms with E-state index in [1.54, 1.807) is 0 Å². The number of rotatable bonds is 2. The Morgan fingerprint density at radius 3 is 2.13 bits per heavy atom. The van der Waals surface area contributed by atoms with Crippen LogP contribution in [0.4, 0.5) is 0 Å². The second-order valence-corrected chi connectivity index (χ2v) is 2.99. The number of nitrogens with zero attached hydrogens (tertiary/aromatic N) is 1.